The van der Waals surface area contributed by atoms with Crippen molar-refractivity contribution in [3.05, 3.63) is 64.4 Å². The molecule has 0 heterocycles. The molecule has 0 spiro atoms. The van der Waals surface area contributed by atoms with E-state index in [1.165, 1.54) is 12.1 Å². The minimum absolute atomic E-state index is 0.0423. The number of aliphatic hydroxyl groups is 1. The van der Waals surface area contributed by atoms with Gasteiger partial charge in [-0.25, -0.2) is 4.39 Å². The number of nitrogens with zero attached hydrogens (tertiary/aromatic N) is 2. The highest BCUT2D eigenvalue weighted by molar-refractivity contribution is 9.10. The fraction of sp³-hybridized carbons (Fsp3) is 0.316. The molecule has 0 saturated carbocycles. The summed E-state index contributed by atoms with van der Waals surface area (Å²) in [5, 5.41) is 9.31. The monoisotopic (exact) mass is 408 g/mol. The van der Waals surface area contributed by atoms with E-state index >= 15 is 0 Å². The van der Waals surface area contributed by atoms with Crippen molar-refractivity contribution >= 4 is 27.5 Å². The van der Waals surface area contributed by atoms with E-state index in [0.717, 1.165) is 15.7 Å². The first-order chi connectivity index (χ1) is 12.0. The number of likely N-dealkylation sites (N-methyl/N-ethyl adjacent to an activating group) is 1. The molecule has 0 aromatic heterocycles. The van der Waals surface area contributed by atoms with Gasteiger partial charge in [-0.05, 0) is 48.9 Å². The second kappa shape index (κ2) is 9.53. The molecule has 1 N–H and O–H groups in total. The first kappa shape index (κ1) is 19.4. The molecule has 134 valence electrons. The summed E-state index contributed by atoms with van der Waals surface area (Å²) in [6, 6.07) is 13.9. The first-order valence-electron chi connectivity index (χ1n) is 8.17. The van der Waals surface area contributed by atoms with Crippen molar-refractivity contribution in [1.29, 1.82) is 0 Å². The summed E-state index contributed by atoms with van der Waals surface area (Å²) in [6.45, 7) is 3.27. The zero-order valence-corrected chi connectivity index (χ0v) is 15.7. The van der Waals surface area contributed by atoms with Gasteiger partial charge >= 0.3 is 0 Å². The SMILES string of the molecule is CCN(Cc1cccc(F)c1)C(=O)CN(CCO)c1ccc(Br)cc1. The Labute approximate surface area is 156 Å². The normalized spacial score (nSPS) is 10.6. The Bertz CT molecular complexity index is 694. The van der Waals surface area contributed by atoms with Gasteiger partial charge in [-0.15, -0.1) is 0 Å². The Morgan fingerprint density at radius 2 is 1.92 bits per heavy atom. The summed E-state index contributed by atoms with van der Waals surface area (Å²) in [5.41, 5.74) is 1.62. The van der Waals surface area contributed by atoms with Crippen molar-refractivity contribution in [3.63, 3.8) is 0 Å². The maximum Gasteiger partial charge on any atom is 0.242 e. The van der Waals surface area contributed by atoms with Crippen molar-refractivity contribution in [2.24, 2.45) is 0 Å². The molecule has 0 aliphatic carbocycles. The van der Waals surface area contributed by atoms with Crippen LogP contribution in [0.4, 0.5) is 10.1 Å². The van der Waals surface area contributed by atoms with Crippen molar-refractivity contribution in [2.75, 3.05) is 31.1 Å². The van der Waals surface area contributed by atoms with Gasteiger partial charge in [0, 0.05) is 29.8 Å². The molecule has 0 aliphatic rings. The number of hydrogen-bond donors (Lipinski definition) is 1. The molecule has 2 rings (SSSR count). The van der Waals surface area contributed by atoms with Crippen LogP contribution in [0.1, 0.15) is 12.5 Å². The summed E-state index contributed by atoms with van der Waals surface area (Å²) < 4.78 is 14.3. The summed E-state index contributed by atoms with van der Waals surface area (Å²) in [4.78, 5) is 16.2. The average Bonchev–Trinajstić information content (AvgIpc) is 2.60. The molecule has 4 nitrogen and oxygen atoms in total. The minimum atomic E-state index is -0.308. The van der Waals surface area contributed by atoms with Crippen LogP contribution in [-0.4, -0.2) is 42.2 Å². The lowest BCUT2D eigenvalue weighted by molar-refractivity contribution is -0.130. The van der Waals surface area contributed by atoms with Gasteiger partial charge in [-0.1, -0.05) is 28.1 Å². The van der Waals surface area contributed by atoms with Crippen LogP contribution in [0.25, 0.3) is 0 Å². The zero-order valence-electron chi connectivity index (χ0n) is 14.2. The standard InChI is InChI=1S/C19H22BrFN2O2/c1-2-22(13-15-4-3-5-17(21)12-15)19(25)14-23(10-11-24)18-8-6-16(20)7-9-18/h3-9,12,24H,2,10-11,13-14H2,1H3. The van der Waals surface area contributed by atoms with Crippen LogP contribution >= 0.6 is 15.9 Å². The summed E-state index contributed by atoms with van der Waals surface area (Å²) in [6.07, 6.45) is 0. The van der Waals surface area contributed by atoms with Gasteiger partial charge in [0.15, 0.2) is 0 Å². The lowest BCUT2D eigenvalue weighted by Gasteiger charge is -2.28. The molecule has 1 amide bonds. The van der Waals surface area contributed by atoms with Gasteiger partial charge in [0.25, 0.3) is 0 Å². The third kappa shape index (κ3) is 5.83. The summed E-state index contributed by atoms with van der Waals surface area (Å²) in [5.74, 6) is -0.374. The van der Waals surface area contributed by atoms with Gasteiger partial charge in [-0.3, -0.25) is 4.79 Å². The van der Waals surface area contributed by atoms with Crippen LogP contribution in [0.2, 0.25) is 0 Å². The Balaban J connectivity index is 2.08. The largest absolute Gasteiger partial charge is 0.395 e. The number of halogens is 2. The Kier molecular flexibility index (Phi) is 7.40. The fourth-order valence-corrected chi connectivity index (χ4v) is 2.83. The first-order valence-corrected chi connectivity index (χ1v) is 8.96. The van der Waals surface area contributed by atoms with Crippen molar-refractivity contribution in [3.8, 4) is 0 Å². The molecule has 0 atom stereocenters. The van der Waals surface area contributed by atoms with E-state index in [0.29, 0.717) is 19.6 Å². The molecule has 0 unspecified atom stereocenters. The maximum atomic E-state index is 13.3. The third-order valence-corrected chi connectivity index (χ3v) is 4.41. The van der Waals surface area contributed by atoms with Crippen LogP contribution in [-0.2, 0) is 11.3 Å². The Hall–Kier alpha value is -1.92. The number of amides is 1. The Morgan fingerprint density at radius 3 is 2.52 bits per heavy atom. The van der Waals surface area contributed by atoms with E-state index in [1.807, 2.05) is 36.1 Å². The van der Waals surface area contributed by atoms with E-state index in [4.69, 9.17) is 0 Å². The second-order valence-corrected chi connectivity index (χ2v) is 6.58. The molecule has 0 fully saturated rings. The number of hydrogen-bond acceptors (Lipinski definition) is 3. The van der Waals surface area contributed by atoms with E-state index in [1.54, 1.807) is 17.0 Å². The van der Waals surface area contributed by atoms with Crippen molar-refractivity contribution in [1.82, 2.24) is 4.90 Å². The van der Waals surface area contributed by atoms with Gasteiger partial charge < -0.3 is 14.9 Å². The number of benzene rings is 2. The molecule has 25 heavy (non-hydrogen) atoms. The molecule has 0 radical (unpaired) electrons. The predicted octanol–water partition coefficient (Wildman–Crippen LogP) is 3.44. The van der Waals surface area contributed by atoms with Crippen LogP contribution in [0, 0.1) is 5.82 Å². The van der Waals surface area contributed by atoms with Crippen LogP contribution in [0.15, 0.2) is 53.0 Å². The van der Waals surface area contributed by atoms with Gasteiger partial charge in [0.2, 0.25) is 5.91 Å². The maximum absolute atomic E-state index is 13.3. The molecule has 2 aromatic rings. The summed E-state index contributed by atoms with van der Waals surface area (Å²) >= 11 is 3.39. The van der Waals surface area contributed by atoms with Gasteiger partial charge in [0.05, 0.1) is 13.2 Å². The quantitative estimate of drug-likeness (QED) is 0.727. The van der Waals surface area contributed by atoms with E-state index < -0.39 is 0 Å². The molecule has 6 heteroatoms. The van der Waals surface area contributed by atoms with Crippen LogP contribution in [0.3, 0.4) is 0 Å². The minimum Gasteiger partial charge on any atom is -0.395 e. The molecule has 0 bridgehead atoms. The Morgan fingerprint density at radius 1 is 1.20 bits per heavy atom. The van der Waals surface area contributed by atoms with Gasteiger partial charge in [0.1, 0.15) is 5.82 Å². The van der Waals surface area contributed by atoms with Crippen molar-refractivity contribution in [2.45, 2.75) is 13.5 Å². The number of anilines is 1. The topological polar surface area (TPSA) is 43.8 Å². The molecule has 2 aromatic carbocycles. The average molecular weight is 409 g/mol. The van der Waals surface area contributed by atoms with E-state index in [-0.39, 0.29) is 24.9 Å². The van der Waals surface area contributed by atoms with E-state index in [9.17, 15) is 14.3 Å². The fourth-order valence-electron chi connectivity index (χ4n) is 2.57. The highest BCUT2D eigenvalue weighted by Gasteiger charge is 2.17. The molecular weight excluding hydrogens is 387 g/mol. The van der Waals surface area contributed by atoms with Crippen molar-refractivity contribution < 1.29 is 14.3 Å². The lowest BCUT2D eigenvalue weighted by atomic mass is 10.2. The highest BCUT2D eigenvalue weighted by Crippen LogP contribution is 2.18. The number of carbonyl (C=O) groups is 1. The van der Waals surface area contributed by atoms with Crippen LogP contribution in [0.5, 0.6) is 0 Å². The molecule has 0 aliphatic heterocycles. The van der Waals surface area contributed by atoms with Gasteiger partial charge in [-0.2, -0.15) is 0 Å². The molecular formula is C19H22BrFN2O2. The second-order valence-electron chi connectivity index (χ2n) is 5.66. The number of rotatable bonds is 8. The summed E-state index contributed by atoms with van der Waals surface area (Å²) in [7, 11) is 0. The van der Waals surface area contributed by atoms with E-state index in [2.05, 4.69) is 15.9 Å². The highest BCUT2D eigenvalue weighted by atomic mass is 79.9. The zero-order chi connectivity index (χ0) is 18.2. The van der Waals surface area contributed by atoms with Crippen LogP contribution < -0.4 is 4.90 Å². The number of carbonyl (C=O) groups excluding carboxylic acids is 1. The third-order valence-electron chi connectivity index (χ3n) is 3.88. The smallest absolute Gasteiger partial charge is 0.242 e. The number of aliphatic hydroxyl groups excluding tert-OH is 1. The lowest BCUT2D eigenvalue weighted by Crippen LogP contribution is -2.41. The molecule has 0 saturated heterocycles. The predicted molar refractivity (Wildman–Crippen MR) is 101 cm³/mol.